The van der Waals surface area contributed by atoms with E-state index in [-0.39, 0.29) is 189 Å². The smallest absolute Gasteiger partial charge is 0.822 e. The third kappa shape index (κ3) is 559. The van der Waals surface area contributed by atoms with E-state index in [0.717, 1.165) is 0 Å². The zero-order valence-electron chi connectivity index (χ0n) is 11.9. The molecule has 2 N–H and O–H groups in total. The number of rotatable bonds is 0. The van der Waals surface area contributed by atoms with Gasteiger partial charge >= 0.3 is 189 Å². The molecule has 25 heavy (non-hydrogen) atoms. The van der Waals surface area contributed by atoms with Crippen LogP contribution in [0.2, 0.25) is 0 Å². The first-order valence-corrected chi connectivity index (χ1v) is 8.87. The SMILES string of the molecule is O=P([O-])([O-])O.O=P([O-])([O-])O.O=P([O-])([O-])[O-].O=P([O-])([O-])[O-].[Ca+2].[Ca+2].[Ca+2].[Ca+2].[Ca+2]. The predicted octanol–water partition coefficient (Wildman–Crippen LogP) is -11.9. The van der Waals surface area contributed by atoms with Gasteiger partial charge in [-0.3, -0.25) is 0 Å². The van der Waals surface area contributed by atoms with Crippen LogP contribution in [0.15, 0.2) is 0 Å². The fourth-order valence-electron chi connectivity index (χ4n) is 0. The Morgan fingerprint density at radius 2 is 0.400 bits per heavy atom. The van der Waals surface area contributed by atoms with Crippen LogP contribution in [-0.2, 0) is 18.3 Å². The van der Waals surface area contributed by atoms with Gasteiger partial charge in [-0.25, -0.2) is 0 Å². The summed E-state index contributed by atoms with van der Waals surface area (Å²) >= 11 is 0. The topological polar surface area (TPSA) is 339 Å². The minimum Gasteiger partial charge on any atom is -0.822 e. The zero-order chi connectivity index (χ0) is 18.0. The predicted molar refractivity (Wildman–Crippen MR) is 63.6 cm³/mol. The average Bonchev–Trinajstić information content (AvgIpc) is 1.62. The van der Waals surface area contributed by atoms with Gasteiger partial charge < -0.3 is 77.0 Å². The molecule has 0 saturated carbocycles. The van der Waals surface area contributed by atoms with Crippen molar-refractivity contribution in [1.29, 1.82) is 0 Å². The molecule has 0 rings (SSSR count). The fraction of sp³-hybridized carbons (Fsp3) is 0. The van der Waals surface area contributed by atoms with E-state index < -0.39 is 31.3 Å². The van der Waals surface area contributed by atoms with Crippen molar-refractivity contribution in [3.8, 4) is 0 Å². The summed E-state index contributed by atoms with van der Waals surface area (Å²) < 4.78 is 34.4. The molecule has 0 aromatic carbocycles. The minimum absolute atomic E-state index is 0. The summed E-state index contributed by atoms with van der Waals surface area (Å²) in [6.07, 6.45) is 0. The second-order valence-corrected chi connectivity index (χ2v) is 5.49. The van der Waals surface area contributed by atoms with Crippen molar-refractivity contribution >= 4 is 220 Å². The summed E-state index contributed by atoms with van der Waals surface area (Å²) in [4.78, 5) is 99.9. The number of hydrogen-bond donors (Lipinski definition) is 2. The molecule has 0 bridgehead atoms. The summed E-state index contributed by atoms with van der Waals surface area (Å²) in [5.74, 6) is 0. The van der Waals surface area contributed by atoms with Crippen LogP contribution >= 0.6 is 31.3 Å². The molecule has 0 radical (unpaired) electrons. The maximum Gasteiger partial charge on any atom is 2.00 e. The molecular weight excluding hydrogens is 580 g/mol. The molecule has 0 aromatic rings. The van der Waals surface area contributed by atoms with Crippen molar-refractivity contribution in [2.24, 2.45) is 0 Å². The molecule has 0 fully saturated rings. The molecule has 25 heteroatoms. The first-order valence-electron chi connectivity index (χ1n) is 2.96. The fourth-order valence-corrected chi connectivity index (χ4v) is 0. The van der Waals surface area contributed by atoms with Gasteiger partial charge in [0, 0.05) is 0 Å². The minimum atomic E-state index is -5.39. The van der Waals surface area contributed by atoms with E-state index >= 15 is 0 Å². The first-order chi connectivity index (χ1) is 8.00. The van der Waals surface area contributed by atoms with E-state index in [0.29, 0.717) is 0 Å². The third-order valence-corrected chi connectivity index (χ3v) is 0. The Hall–Kier alpha value is 6.74. The Kier molecular flexibility index (Phi) is 66.7. The second kappa shape index (κ2) is 28.8. The molecule has 0 atom stereocenters. The van der Waals surface area contributed by atoms with E-state index in [1.165, 1.54) is 0 Å². The van der Waals surface area contributed by atoms with Crippen LogP contribution in [-0.4, -0.2) is 198 Å². The average molecular weight is 582 g/mol. The molecule has 0 aliphatic carbocycles. The molecular formula is H2Ca5O16P4. The van der Waals surface area contributed by atoms with Crippen molar-refractivity contribution < 1.29 is 77.0 Å². The van der Waals surface area contributed by atoms with Crippen LogP contribution in [0, 0.1) is 0 Å². The molecule has 0 heterocycles. The van der Waals surface area contributed by atoms with Gasteiger partial charge in [-0.1, -0.05) is 0 Å². The van der Waals surface area contributed by atoms with Crippen molar-refractivity contribution in [2.75, 3.05) is 0 Å². The van der Waals surface area contributed by atoms with Crippen molar-refractivity contribution in [2.45, 2.75) is 0 Å². The molecule has 128 valence electrons. The van der Waals surface area contributed by atoms with Crippen molar-refractivity contribution in [1.82, 2.24) is 0 Å². The van der Waals surface area contributed by atoms with Gasteiger partial charge in [0.05, 0.1) is 15.6 Å². The summed E-state index contributed by atoms with van der Waals surface area (Å²) in [5.41, 5.74) is 0. The Balaban J connectivity index is -0.0000000183. The zero-order valence-corrected chi connectivity index (χ0v) is 26.6. The normalized spacial score (nSPS) is 9.44. The molecule has 0 saturated heterocycles. The molecule has 0 amide bonds. The Morgan fingerprint density at radius 1 is 0.400 bits per heavy atom. The Bertz CT molecular complexity index is 297. The third-order valence-electron chi connectivity index (χ3n) is 0. The van der Waals surface area contributed by atoms with E-state index in [4.69, 9.17) is 77.0 Å². The van der Waals surface area contributed by atoms with Crippen LogP contribution in [0.25, 0.3) is 0 Å². The van der Waals surface area contributed by atoms with Gasteiger partial charge in [0.15, 0.2) is 0 Å². The molecule has 0 unspecified atom stereocenters. The van der Waals surface area contributed by atoms with Gasteiger partial charge in [0.25, 0.3) is 0 Å². The quantitative estimate of drug-likeness (QED) is 0.198. The van der Waals surface area contributed by atoms with Crippen molar-refractivity contribution in [3.63, 3.8) is 0 Å². The first kappa shape index (κ1) is 58.0. The van der Waals surface area contributed by atoms with Crippen LogP contribution in [0.1, 0.15) is 0 Å². The van der Waals surface area contributed by atoms with Crippen LogP contribution in [0.3, 0.4) is 0 Å². The second-order valence-electron chi connectivity index (χ2n) is 1.83. The molecule has 0 aromatic heterocycles. The number of phosphoric acid groups is 4. The van der Waals surface area contributed by atoms with Crippen LogP contribution < -0.4 is 48.9 Å². The molecule has 0 aliphatic heterocycles. The van der Waals surface area contributed by atoms with E-state index in [9.17, 15) is 0 Å². The molecule has 0 aliphatic rings. The van der Waals surface area contributed by atoms with E-state index in [1.54, 1.807) is 0 Å². The van der Waals surface area contributed by atoms with Gasteiger partial charge in [-0.05, 0) is 0 Å². The largest absolute Gasteiger partial charge is 2.00 e. The monoisotopic (exact) mass is 582 g/mol. The van der Waals surface area contributed by atoms with Crippen molar-refractivity contribution in [3.05, 3.63) is 0 Å². The summed E-state index contributed by atoms with van der Waals surface area (Å²) in [5, 5.41) is 0. The number of hydrogen-bond acceptors (Lipinski definition) is 14. The maximum atomic E-state index is 8.66. The summed E-state index contributed by atoms with van der Waals surface area (Å²) in [6.45, 7) is 0. The molecule has 0 spiro atoms. The summed E-state index contributed by atoms with van der Waals surface area (Å²) in [6, 6.07) is 0. The standard InChI is InChI=1S/5Ca.4H3O4P/c;;;;;4*1-5(2,3)4/h;;;;;4*(H3,1,2,3,4)/q5*+2;;;;/p-10. The van der Waals surface area contributed by atoms with E-state index in [1.807, 2.05) is 0 Å². The Morgan fingerprint density at radius 3 is 0.400 bits per heavy atom. The molecule has 16 nitrogen and oxygen atoms in total. The maximum absolute atomic E-state index is 8.66. The van der Waals surface area contributed by atoms with Gasteiger partial charge in [0.2, 0.25) is 0 Å². The van der Waals surface area contributed by atoms with Crippen LogP contribution in [0.5, 0.6) is 0 Å². The van der Waals surface area contributed by atoms with Gasteiger partial charge in [-0.2, -0.15) is 15.6 Å². The van der Waals surface area contributed by atoms with Crippen LogP contribution in [0.4, 0.5) is 0 Å². The van der Waals surface area contributed by atoms with Gasteiger partial charge in [-0.15, -0.1) is 0 Å². The Labute approximate surface area is 290 Å². The van der Waals surface area contributed by atoms with Gasteiger partial charge in [0.1, 0.15) is 0 Å². The van der Waals surface area contributed by atoms with E-state index in [2.05, 4.69) is 0 Å². The summed E-state index contributed by atoms with van der Waals surface area (Å²) in [7, 11) is -21.1.